The lowest BCUT2D eigenvalue weighted by Crippen LogP contribution is -2.29. The number of hydrogen-bond donors (Lipinski definition) is 2. The van der Waals surface area contributed by atoms with E-state index in [2.05, 4.69) is 0 Å². The fourth-order valence-electron chi connectivity index (χ4n) is 1.04. The molecule has 0 bridgehead atoms. The lowest BCUT2D eigenvalue weighted by molar-refractivity contribution is -0.905. The molecule has 0 saturated carbocycles. The van der Waals surface area contributed by atoms with Crippen molar-refractivity contribution in [3.05, 3.63) is 30.1 Å². The smallest absolute Gasteiger partial charge is 0.228 e. The fourth-order valence-corrected chi connectivity index (χ4v) is 1.04. The van der Waals surface area contributed by atoms with E-state index in [0.29, 0.717) is 0 Å². The summed E-state index contributed by atoms with van der Waals surface area (Å²) >= 11 is 0. The lowest BCUT2D eigenvalue weighted by atomic mass is 10.0. The molecule has 66 valence electrons. The first-order chi connectivity index (χ1) is 5.61. The standard InChI is InChI=1S/C9H14NO2/c1-7(2)9(11)8-4-3-5-10(12)6-8/h3-7,9,11-12H,1-2H3/q+1. The first-order valence-corrected chi connectivity index (χ1v) is 4.00. The molecule has 0 amide bonds. The van der Waals surface area contributed by atoms with Crippen molar-refractivity contribution in [1.29, 1.82) is 0 Å². The largest absolute Gasteiger partial charge is 0.388 e. The average Bonchev–Trinajstić information content (AvgIpc) is 2.03. The topological polar surface area (TPSA) is 44.3 Å². The third-order valence-corrected chi connectivity index (χ3v) is 1.78. The maximum absolute atomic E-state index is 9.60. The van der Waals surface area contributed by atoms with Gasteiger partial charge in [0.05, 0.1) is 6.10 Å². The van der Waals surface area contributed by atoms with Gasteiger partial charge in [-0.1, -0.05) is 13.8 Å². The van der Waals surface area contributed by atoms with Gasteiger partial charge in [0, 0.05) is 16.4 Å². The summed E-state index contributed by atoms with van der Waals surface area (Å²) in [7, 11) is 0. The van der Waals surface area contributed by atoms with E-state index in [4.69, 9.17) is 5.21 Å². The summed E-state index contributed by atoms with van der Waals surface area (Å²) in [5, 5.41) is 18.6. The normalized spacial score (nSPS) is 13.3. The van der Waals surface area contributed by atoms with Crippen LogP contribution in [-0.4, -0.2) is 10.3 Å². The predicted octanol–water partition coefficient (Wildman–Crippen LogP) is 0.901. The molecule has 0 aromatic carbocycles. The van der Waals surface area contributed by atoms with Crippen molar-refractivity contribution < 1.29 is 15.0 Å². The van der Waals surface area contributed by atoms with Gasteiger partial charge in [-0.2, -0.15) is 0 Å². The molecule has 0 spiro atoms. The number of aromatic nitrogens is 1. The van der Waals surface area contributed by atoms with Crippen LogP contribution in [0.1, 0.15) is 25.5 Å². The number of hydrogen-bond acceptors (Lipinski definition) is 2. The van der Waals surface area contributed by atoms with Gasteiger partial charge in [-0.15, -0.1) is 0 Å². The Bertz CT molecular complexity index is 260. The minimum absolute atomic E-state index is 0.160. The van der Waals surface area contributed by atoms with Crippen LogP contribution in [0.2, 0.25) is 0 Å². The summed E-state index contributed by atoms with van der Waals surface area (Å²) in [5.74, 6) is 0.160. The van der Waals surface area contributed by atoms with E-state index in [0.717, 1.165) is 10.3 Å². The zero-order valence-corrected chi connectivity index (χ0v) is 7.31. The second-order valence-electron chi connectivity index (χ2n) is 3.21. The summed E-state index contributed by atoms with van der Waals surface area (Å²) < 4.78 is 0.945. The third kappa shape index (κ3) is 1.95. The minimum atomic E-state index is -0.510. The van der Waals surface area contributed by atoms with Gasteiger partial charge in [-0.3, -0.25) is 5.21 Å². The number of pyridine rings is 1. The molecule has 0 radical (unpaired) electrons. The summed E-state index contributed by atoms with van der Waals surface area (Å²) in [4.78, 5) is 0. The Kier molecular flexibility index (Phi) is 2.65. The molecule has 2 N–H and O–H groups in total. The van der Waals surface area contributed by atoms with E-state index in [1.165, 1.54) is 12.4 Å². The monoisotopic (exact) mass is 168 g/mol. The predicted molar refractivity (Wildman–Crippen MR) is 43.6 cm³/mol. The summed E-state index contributed by atoms with van der Waals surface area (Å²) in [6.45, 7) is 3.86. The molecule has 0 saturated heterocycles. The molecule has 3 heteroatoms. The van der Waals surface area contributed by atoms with Crippen molar-refractivity contribution >= 4 is 0 Å². The van der Waals surface area contributed by atoms with E-state index >= 15 is 0 Å². The SMILES string of the molecule is CC(C)C(O)c1ccc[n+](O)c1. The molecule has 12 heavy (non-hydrogen) atoms. The molecule has 1 heterocycles. The number of aliphatic hydroxyl groups is 1. The summed E-state index contributed by atoms with van der Waals surface area (Å²) in [5.41, 5.74) is 0.731. The Morgan fingerprint density at radius 1 is 1.42 bits per heavy atom. The van der Waals surface area contributed by atoms with Crippen LogP contribution < -0.4 is 4.73 Å². The van der Waals surface area contributed by atoms with Crippen molar-refractivity contribution in [2.24, 2.45) is 5.92 Å². The van der Waals surface area contributed by atoms with Crippen LogP contribution in [0, 0.1) is 5.92 Å². The molecule has 0 aliphatic carbocycles. The van der Waals surface area contributed by atoms with Crippen LogP contribution in [0.5, 0.6) is 0 Å². The Balaban J connectivity index is 2.88. The zero-order valence-electron chi connectivity index (χ0n) is 7.31. The van der Waals surface area contributed by atoms with Gasteiger partial charge in [0.25, 0.3) is 0 Å². The molecule has 1 atom stereocenters. The van der Waals surface area contributed by atoms with Crippen LogP contribution in [0.25, 0.3) is 0 Å². The van der Waals surface area contributed by atoms with Crippen molar-refractivity contribution in [3.63, 3.8) is 0 Å². The van der Waals surface area contributed by atoms with Crippen LogP contribution in [0.15, 0.2) is 24.5 Å². The lowest BCUT2D eigenvalue weighted by Gasteiger charge is -2.11. The number of rotatable bonds is 2. The molecule has 1 aromatic heterocycles. The van der Waals surface area contributed by atoms with Gasteiger partial charge >= 0.3 is 0 Å². The van der Waals surface area contributed by atoms with Gasteiger partial charge in [0.1, 0.15) is 0 Å². The van der Waals surface area contributed by atoms with Crippen LogP contribution in [-0.2, 0) is 0 Å². The van der Waals surface area contributed by atoms with E-state index < -0.39 is 6.10 Å². The third-order valence-electron chi connectivity index (χ3n) is 1.78. The first-order valence-electron chi connectivity index (χ1n) is 4.00. The van der Waals surface area contributed by atoms with E-state index in [9.17, 15) is 5.11 Å². The van der Waals surface area contributed by atoms with Crippen LogP contribution in [0.4, 0.5) is 0 Å². The summed E-state index contributed by atoms with van der Waals surface area (Å²) in [6.07, 6.45) is 2.51. The molecule has 1 aromatic rings. The number of aliphatic hydroxyl groups excluding tert-OH is 1. The Hall–Kier alpha value is -1.09. The van der Waals surface area contributed by atoms with Gasteiger partial charge in [-0.25, -0.2) is 0 Å². The zero-order chi connectivity index (χ0) is 9.14. The van der Waals surface area contributed by atoms with Gasteiger partial charge in [-0.05, 0) is 12.0 Å². The molecule has 0 aliphatic rings. The van der Waals surface area contributed by atoms with E-state index in [-0.39, 0.29) is 5.92 Å². The molecular weight excluding hydrogens is 154 g/mol. The van der Waals surface area contributed by atoms with Gasteiger partial charge < -0.3 is 5.11 Å². The van der Waals surface area contributed by atoms with Crippen molar-refractivity contribution in [1.82, 2.24) is 0 Å². The second-order valence-corrected chi connectivity index (χ2v) is 3.21. The average molecular weight is 168 g/mol. The van der Waals surface area contributed by atoms with Crippen molar-refractivity contribution in [2.45, 2.75) is 20.0 Å². The highest BCUT2D eigenvalue weighted by molar-refractivity contribution is 5.09. The quantitative estimate of drug-likeness (QED) is 0.509. The molecular formula is C9H14NO2+. The molecule has 0 aliphatic heterocycles. The molecule has 0 fully saturated rings. The van der Waals surface area contributed by atoms with Crippen LogP contribution >= 0.6 is 0 Å². The highest BCUT2D eigenvalue weighted by atomic mass is 16.5. The highest BCUT2D eigenvalue weighted by Gasteiger charge is 2.14. The van der Waals surface area contributed by atoms with Gasteiger partial charge in [0.2, 0.25) is 12.4 Å². The number of nitrogens with zero attached hydrogens (tertiary/aromatic N) is 1. The van der Waals surface area contributed by atoms with Gasteiger partial charge in [0.15, 0.2) is 0 Å². The maximum atomic E-state index is 9.60. The van der Waals surface area contributed by atoms with Crippen molar-refractivity contribution in [2.75, 3.05) is 0 Å². The Morgan fingerprint density at radius 2 is 2.08 bits per heavy atom. The summed E-state index contributed by atoms with van der Waals surface area (Å²) in [6, 6.07) is 3.48. The Morgan fingerprint density at radius 3 is 2.58 bits per heavy atom. The maximum Gasteiger partial charge on any atom is 0.228 e. The minimum Gasteiger partial charge on any atom is -0.388 e. The van der Waals surface area contributed by atoms with Crippen LogP contribution in [0.3, 0.4) is 0 Å². The molecule has 3 nitrogen and oxygen atoms in total. The van der Waals surface area contributed by atoms with E-state index in [1.54, 1.807) is 12.1 Å². The molecule has 1 unspecified atom stereocenters. The first kappa shape index (κ1) is 9.00. The molecule has 1 rings (SSSR count). The second kappa shape index (κ2) is 3.54. The van der Waals surface area contributed by atoms with E-state index in [1.807, 2.05) is 13.8 Å². The van der Waals surface area contributed by atoms with Crippen molar-refractivity contribution in [3.8, 4) is 0 Å². The highest BCUT2D eigenvalue weighted by Crippen LogP contribution is 2.18. The Labute approximate surface area is 71.9 Å². The fraction of sp³-hybridized carbons (Fsp3) is 0.444.